The highest BCUT2D eigenvalue weighted by molar-refractivity contribution is 6.16. The number of aromatic amines is 1. The zero-order chi connectivity index (χ0) is 36.4. The Balaban J connectivity index is 1.30. The van der Waals surface area contributed by atoms with Crippen LogP contribution in [0.5, 0.6) is 0 Å². The highest BCUT2D eigenvalue weighted by atomic mass is 16.2. The Morgan fingerprint density at radius 1 is 0.852 bits per heavy atom. The molecule has 7 aromatic rings. The molecule has 1 amide bonds. The number of nitrogens with zero attached hydrogens (tertiary/aromatic N) is 5. The van der Waals surface area contributed by atoms with Crippen LogP contribution in [0.1, 0.15) is 45.8 Å². The number of carbonyl (C=O) groups is 2. The SMILES string of the molecule is N#C[C@]1(C(=O)c2c[nH]c3ccccc23)C2CCCN2[C@]2(C(=O)N(Cc3ccccc3)c3ccccc32)[C@@H]1c1cn(-c2ccccc2)nc1-c1ccccc1. The summed E-state index contributed by atoms with van der Waals surface area (Å²) in [5.41, 5.74) is 3.86. The van der Waals surface area contributed by atoms with Gasteiger partial charge in [0.05, 0.1) is 24.0 Å². The molecule has 0 aliphatic carbocycles. The summed E-state index contributed by atoms with van der Waals surface area (Å²) in [4.78, 5) is 39.2. The number of aromatic nitrogens is 3. The van der Waals surface area contributed by atoms with Crippen molar-refractivity contribution in [3.63, 3.8) is 0 Å². The van der Waals surface area contributed by atoms with E-state index in [9.17, 15) is 5.26 Å². The van der Waals surface area contributed by atoms with Crippen LogP contribution in [0.15, 0.2) is 152 Å². The maximum absolute atomic E-state index is 16.0. The summed E-state index contributed by atoms with van der Waals surface area (Å²) in [6, 6.07) is 47.7. The van der Waals surface area contributed by atoms with Gasteiger partial charge in [-0.3, -0.25) is 14.5 Å². The molecule has 2 aromatic heterocycles. The van der Waals surface area contributed by atoms with E-state index in [1.807, 2.05) is 155 Å². The number of nitrogens with one attached hydrogen (secondary N) is 1. The van der Waals surface area contributed by atoms with Gasteiger partial charge in [0.1, 0.15) is 11.0 Å². The maximum Gasteiger partial charge on any atom is 0.253 e. The number of anilines is 1. The van der Waals surface area contributed by atoms with Gasteiger partial charge in [0, 0.05) is 63.2 Å². The lowest BCUT2D eigenvalue weighted by atomic mass is 9.60. The molecule has 1 unspecified atom stereocenters. The summed E-state index contributed by atoms with van der Waals surface area (Å²) in [5.74, 6) is -1.33. The van der Waals surface area contributed by atoms with Gasteiger partial charge in [0.2, 0.25) is 0 Å². The van der Waals surface area contributed by atoms with E-state index in [0.29, 0.717) is 36.3 Å². The third-order valence-corrected chi connectivity index (χ3v) is 12.0. The molecular weight excluding hydrogens is 669 g/mol. The smallest absolute Gasteiger partial charge is 0.253 e. The second-order valence-electron chi connectivity index (χ2n) is 14.6. The van der Waals surface area contributed by atoms with Crippen molar-refractivity contribution in [2.75, 3.05) is 11.4 Å². The number of carbonyl (C=O) groups excluding carboxylic acids is 2. The van der Waals surface area contributed by atoms with Crippen LogP contribution in [0.3, 0.4) is 0 Å². The highest BCUT2D eigenvalue weighted by Crippen LogP contribution is 2.68. The van der Waals surface area contributed by atoms with Gasteiger partial charge in [-0.15, -0.1) is 0 Å². The van der Waals surface area contributed by atoms with E-state index in [1.165, 1.54) is 0 Å². The number of Topliss-reactive ketones (excluding diaryl/α,β-unsaturated/α-hetero) is 1. The van der Waals surface area contributed by atoms with E-state index < -0.39 is 22.9 Å². The van der Waals surface area contributed by atoms with Gasteiger partial charge in [0.15, 0.2) is 5.78 Å². The first-order valence-electron chi connectivity index (χ1n) is 18.5. The van der Waals surface area contributed by atoms with Crippen molar-refractivity contribution >= 4 is 28.3 Å². The predicted octanol–water partition coefficient (Wildman–Crippen LogP) is 8.42. The highest BCUT2D eigenvalue weighted by Gasteiger charge is 2.77. The summed E-state index contributed by atoms with van der Waals surface area (Å²) in [7, 11) is 0. The second kappa shape index (κ2) is 12.3. The number of rotatable bonds is 7. The molecule has 5 aromatic carbocycles. The fraction of sp³-hybridized carbons (Fsp3) is 0.174. The fourth-order valence-electron chi connectivity index (χ4n) is 9.85. The first-order valence-corrected chi connectivity index (χ1v) is 18.5. The lowest BCUT2D eigenvalue weighted by Crippen LogP contribution is -2.52. The summed E-state index contributed by atoms with van der Waals surface area (Å²) < 4.78 is 1.83. The minimum atomic E-state index is -1.67. The number of benzene rings is 5. The number of hydrogen-bond acceptors (Lipinski definition) is 5. The van der Waals surface area contributed by atoms with E-state index in [2.05, 4.69) is 16.0 Å². The van der Waals surface area contributed by atoms with Crippen molar-refractivity contribution in [2.24, 2.45) is 5.41 Å². The average Bonchev–Trinajstić information content (AvgIpc) is 4.06. The molecular formula is C46H36N6O2. The summed E-state index contributed by atoms with van der Waals surface area (Å²) in [6.07, 6.45) is 5.07. The van der Waals surface area contributed by atoms with Crippen LogP contribution in [0.4, 0.5) is 5.69 Å². The molecule has 0 radical (unpaired) electrons. The van der Waals surface area contributed by atoms with Gasteiger partial charge in [-0.2, -0.15) is 10.4 Å². The van der Waals surface area contributed by atoms with E-state index in [-0.39, 0.29) is 11.7 Å². The van der Waals surface area contributed by atoms with E-state index in [4.69, 9.17) is 5.10 Å². The van der Waals surface area contributed by atoms with Crippen molar-refractivity contribution in [2.45, 2.75) is 36.9 Å². The first-order chi connectivity index (χ1) is 26.6. The number of fused-ring (bicyclic) bond motifs is 5. The Morgan fingerprint density at radius 3 is 2.31 bits per heavy atom. The molecule has 8 nitrogen and oxygen atoms in total. The molecule has 8 heteroatoms. The molecule has 0 bridgehead atoms. The monoisotopic (exact) mass is 704 g/mol. The van der Waals surface area contributed by atoms with Crippen LogP contribution in [0.25, 0.3) is 27.8 Å². The van der Waals surface area contributed by atoms with Crippen molar-refractivity contribution in [1.29, 1.82) is 5.26 Å². The lowest BCUT2D eigenvalue weighted by Gasteiger charge is -2.39. The number of ketones is 1. The molecule has 2 fully saturated rings. The van der Waals surface area contributed by atoms with Gasteiger partial charge in [0.25, 0.3) is 5.91 Å². The molecule has 54 heavy (non-hydrogen) atoms. The third kappa shape index (κ3) is 4.36. The minimum Gasteiger partial charge on any atom is -0.360 e. The number of para-hydroxylation sites is 3. The lowest BCUT2D eigenvalue weighted by molar-refractivity contribution is -0.129. The Morgan fingerprint density at radius 2 is 1.54 bits per heavy atom. The zero-order valence-corrected chi connectivity index (χ0v) is 29.5. The molecule has 3 aliphatic rings. The van der Waals surface area contributed by atoms with Crippen LogP contribution in [0, 0.1) is 16.7 Å². The largest absolute Gasteiger partial charge is 0.360 e. The maximum atomic E-state index is 16.0. The van der Waals surface area contributed by atoms with Crippen molar-refractivity contribution in [1.82, 2.24) is 19.7 Å². The number of nitriles is 1. The number of amides is 1. The second-order valence-corrected chi connectivity index (χ2v) is 14.6. The van der Waals surface area contributed by atoms with E-state index in [0.717, 1.165) is 45.4 Å². The van der Waals surface area contributed by atoms with Crippen LogP contribution >= 0.6 is 0 Å². The molecule has 2 saturated heterocycles. The van der Waals surface area contributed by atoms with Crippen molar-refractivity contribution in [3.05, 3.63) is 174 Å². The van der Waals surface area contributed by atoms with E-state index in [1.54, 1.807) is 6.20 Å². The molecule has 1 N–H and O–H groups in total. The molecule has 5 heterocycles. The van der Waals surface area contributed by atoms with Crippen LogP contribution in [-0.4, -0.2) is 43.9 Å². The topological polar surface area (TPSA) is 98.0 Å². The normalized spacial score (nSPS) is 23.2. The Bertz CT molecular complexity index is 2610. The fourth-order valence-corrected chi connectivity index (χ4v) is 9.85. The quantitative estimate of drug-likeness (QED) is 0.168. The van der Waals surface area contributed by atoms with Crippen LogP contribution in [0.2, 0.25) is 0 Å². The van der Waals surface area contributed by atoms with Crippen molar-refractivity contribution < 1.29 is 9.59 Å². The first kappa shape index (κ1) is 32.1. The molecule has 0 saturated carbocycles. The van der Waals surface area contributed by atoms with Crippen molar-refractivity contribution in [3.8, 4) is 23.0 Å². The molecule has 4 atom stereocenters. The van der Waals surface area contributed by atoms with Gasteiger partial charge >= 0.3 is 0 Å². The summed E-state index contributed by atoms with van der Waals surface area (Å²) in [5, 5.41) is 17.9. The molecule has 262 valence electrons. The number of hydrogen-bond donors (Lipinski definition) is 1. The van der Waals surface area contributed by atoms with Crippen LogP contribution < -0.4 is 4.90 Å². The summed E-state index contributed by atoms with van der Waals surface area (Å²) in [6.45, 7) is 0.924. The molecule has 3 aliphatic heterocycles. The molecule has 10 rings (SSSR count). The predicted molar refractivity (Wildman–Crippen MR) is 208 cm³/mol. The van der Waals surface area contributed by atoms with Gasteiger partial charge in [-0.25, -0.2) is 4.68 Å². The molecule has 1 spiro atoms. The van der Waals surface area contributed by atoms with Gasteiger partial charge < -0.3 is 9.88 Å². The summed E-state index contributed by atoms with van der Waals surface area (Å²) >= 11 is 0. The Kier molecular flexibility index (Phi) is 7.29. The van der Waals surface area contributed by atoms with E-state index >= 15 is 9.59 Å². The average molecular weight is 705 g/mol. The Labute approximate surface area is 312 Å². The Hall–Kier alpha value is -6.56. The third-order valence-electron chi connectivity index (χ3n) is 12.0. The standard InChI is InChI=1S/C46H36N6O2/c47-30-45(43(53)35-27-48-38-23-12-10-21-34(35)38)40-25-14-26-51(40)46(37-22-11-13-24-39(37)50(44(46)54)28-31-15-4-1-5-16-31)42(45)36-29-52(33-19-8-3-9-20-33)49-41(36)32-17-6-2-7-18-32/h1-13,15-24,27,29,40,42,48H,14,25-26,28H2/t40?,42-,45+,46+/m1/s1. The van der Waals surface area contributed by atoms with Gasteiger partial charge in [-0.05, 0) is 49.2 Å². The number of H-pyrrole nitrogens is 1. The van der Waals surface area contributed by atoms with Crippen LogP contribution in [-0.2, 0) is 16.9 Å². The minimum absolute atomic E-state index is 0.125. The zero-order valence-electron chi connectivity index (χ0n) is 29.5. The van der Waals surface area contributed by atoms with Gasteiger partial charge in [-0.1, -0.05) is 115 Å².